The maximum absolute atomic E-state index is 5.68. The highest BCUT2D eigenvalue weighted by atomic mass is 16.5. The second-order valence-corrected chi connectivity index (χ2v) is 3.56. The second kappa shape index (κ2) is 4.26. The molecule has 0 radical (unpaired) electrons. The van der Waals surface area contributed by atoms with Crippen LogP contribution in [0.3, 0.4) is 0 Å². The van der Waals surface area contributed by atoms with Crippen molar-refractivity contribution in [3.05, 3.63) is 12.4 Å². The monoisotopic (exact) mass is 195 g/mol. The highest BCUT2D eigenvalue weighted by Crippen LogP contribution is 2.20. The Morgan fingerprint density at radius 1 is 1.29 bits per heavy atom. The van der Waals surface area contributed by atoms with E-state index in [2.05, 4.69) is 23.8 Å². The highest BCUT2D eigenvalue weighted by Gasteiger charge is 2.22. The van der Waals surface area contributed by atoms with Gasteiger partial charge in [0.15, 0.2) is 0 Å². The Morgan fingerprint density at radius 3 is 2.21 bits per heavy atom. The summed E-state index contributed by atoms with van der Waals surface area (Å²) < 4.78 is 5.68. The summed E-state index contributed by atoms with van der Waals surface area (Å²) in [5.41, 5.74) is 5.84. The number of ether oxygens (including phenoxy) is 1. The van der Waals surface area contributed by atoms with Crippen molar-refractivity contribution in [1.29, 1.82) is 0 Å². The van der Waals surface area contributed by atoms with Crippen LogP contribution in [0.2, 0.25) is 0 Å². The molecule has 0 aliphatic heterocycles. The van der Waals surface area contributed by atoms with Crippen LogP contribution in [0.1, 0.15) is 33.6 Å². The molecule has 0 amide bonds. The van der Waals surface area contributed by atoms with Gasteiger partial charge in [-0.2, -0.15) is 0 Å². The van der Waals surface area contributed by atoms with Gasteiger partial charge in [-0.3, -0.25) is 0 Å². The Kier molecular flexibility index (Phi) is 3.28. The van der Waals surface area contributed by atoms with Gasteiger partial charge >= 0.3 is 6.01 Å². The molecule has 0 aliphatic carbocycles. The van der Waals surface area contributed by atoms with Gasteiger partial charge in [-0.25, -0.2) is 9.97 Å². The van der Waals surface area contributed by atoms with Gasteiger partial charge in [0.25, 0.3) is 0 Å². The van der Waals surface area contributed by atoms with E-state index in [4.69, 9.17) is 10.5 Å². The second-order valence-electron chi connectivity index (χ2n) is 3.56. The van der Waals surface area contributed by atoms with E-state index in [1.165, 1.54) is 0 Å². The quantitative estimate of drug-likeness (QED) is 0.798. The Labute approximate surface area is 84.5 Å². The van der Waals surface area contributed by atoms with Crippen LogP contribution >= 0.6 is 0 Å². The lowest BCUT2D eigenvalue weighted by atomic mass is 10.0. The van der Waals surface area contributed by atoms with Gasteiger partial charge in [0, 0.05) is 0 Å². The average molecular weight is 195 g/mol. The van der Waals surface area contributed by atoms with Crippen molar-refractivity contribution in [2.45, 2.75) is 39.2 Å². The third-order valence-electron chi connectivity index (χ3n) is 2.48. The number of aromatic nitrogens is 2. The van der Waals surface area contributed by atoms with Crippen LogP contribution in [-0.4, -0.2) is 15.6 Å². The van der Waals surface area contributed by atoms with Crippen molar-refractivity contribution in [2.24, 2.45) is 0 Å². The number of rotatable bonds is 4. The van der Waals surface area contributed by atoms with Crippen LogP contribution in [0.25, 0.3) is 0 Å². The lowest BCUT2D eigenvalue weighted by Gasteiger charge is -2.26. The topological polar surface area (TPSA) is 61.0 Å². The predicted molar refractivity (Wildman–Crippen MR) is 56.1 cm³/mol. The molecule has 4 heteroatoms. The molecule has 0 aromatic carbocycles. The van der Waals surface area contributed by atoms with Gasteiger partial charge in [0.2, 0.25) is 0 Å². The molecule has 2 N–H and O–H groups in total. The van der Waals surface area contributed by atoms with Crippen LogP contribution in [-0.2, 0) is 0 Å². The first-order valence-corrected chi connectivity index (χ1v) is 4.86. The van der Waals surface area contributed by atoms with Gasteiger partial charge in [-0.05, 0) is 19.8 Å². The summed E-state index contributed by atoms with van der Waals surface area (Å²) in [6.45, 7) is 6.22. The van der Waals surface area contributed by atoms with E-state index in [9.17, 15) is 0 Å². The molecule has 78 valence electrons. The lowest BCUT2D eigenvalue weighted by Crippen LogP contribution is -2.31. The van der Waals surface area contributed by atoms with Gasteiger partial charge < -0.3 is 10.5 Å². The molecule has 0 unspecified atom stereocenters. The van der Waals surface area contributed by atoms with Crippen molar-refractivity contribution >= 4 is 5.69 Å². The normalized spacial score (nSPS) is 11.4. The Bertz CT molecular complexity index is 280. The zero-order chi connectivity index (χ0) is 10.6. The molecule has 0 aliphatic rings. The third kappa shape index (κ3) is 2.58. The fraction of sp³-hybridized carbons (Fsp3) is 0.600. The van der Waals surface area contributed by atoms with E-state index in [0.717, 1.165) is 12.8 Å². The number of nitrogen functional groups attached to an aromatic ring is 1. The molecule has 14 heavy (non-hydrogen) atoms. The minimum atomic E-state index is -0.184. The third-order valence-corrected chi connectivity index (χ3v) is 2.48. The zero-order valence-corrected chi connectivity index (χ0v) is 8.95. The Morgan fingerprint density at radius 2 is 1.79 bits per heavy atom. The van der Waals surface area contributed by atoms with Crippen LogP contribution in [0.5, 0.6) is 6.01 Å². The Hall–Kier alpha value is -1.32. The van der Waals surface area contributed by atoms with Crippen LogP contribution < -0.4 is 10.5 Å². The molecule has 0 atom stereocenters. The largest absolute Gasteiger partial charge is 0.457 e. The van der Waals surface area contributed by atoms with Gasteiger partial charge in [-0.1, -0.05) is 13.8 Å². The maximum atomic E-state index is 5.68. The van der Waals surface area contributed by atoms with Crippen LogP contribution in [0.4, 0.5) is 5.69 Å². The molecule has 0 saturated carbocycles. The number of anilines is 1. The fourth-order valence-electron chi connectivity index (χ4n) is 0.994. The van der Waals surface area contributed by atoms with E-state index in [-0.39, 0.29) is 5.60 Å². The van der Waals surface area contributed by atoms with Gasteiger partial charge in [-0.15, -0.1) is 0 Å². The molecule has 4 nitrogen and oxygen atoms in total. The van der Waals surface area contributed by atoms with Crippen molar-refractivity contribution in [2.75, 3.05) is 5.73 Å². The first kappa shape index (κ1) is 10.8. The molecular weight excluding hydrogens is 178 g/mol. The van der Waals surface area contributed by atoms with E-state index < -0.39 is 0 Å². The summed E-state index contributed by atoms with van der Waals surface area (Å²) in [7, 11) is 0. The minimum Gasteiger partial charge on any atom is -0.457 e. The van der Waals surface area contributed by atoms with Gasteiger partial charge in [0.1, 0.15) is 5.60 Å². The molecule has 0 bridgehead atoms. The molecule has 1 rings (SSSR count). The van der Waals surface area contributed by atoms with E-state index in [1.807, 2.05) is 6.92 Å². The minimum absolute atomic E-state index is 0.184. The smallest absolute Gasteiger partial charge is 0.316 e. The van der Waals surface area contributed by atoms with Crippen molar-refractivity contribution in [3.63, 3.8) is 0 Å². The fourth-order valence-corrected chi connectivity index (χ4v) is 0.994. The first-order valence-electron chi connectivity index (χ1n) is 4.86. The first-order chi connectivity index (χ1) is 6.59. The molecule has 1 aromatic rings. The summed E-state index contributed by atoms with van der Waals surface area (Å²) in [6, 6.07) is 0.394. The van der Waals surface area contributed by atoms with Crippen LogP contribution in [0, 0.1) is 0 Å². The molecule has 1 heterocycles. The van der Waals surface area contributed by atoms with Crippen molar-refractivity contribution < 1.29 is 4.74 Å². The average Bonchev–Trinajstić information content (AvgIpc) is 2.21. The molecule has 1 aromatic heterocycles. The summed E-state index contributed by atoms with van der Waals surface area (Å²) in [5, 5.41) is 0. The summed E-state index contributed by atoms with van der Waals surface area (Å²) in [4.78, 5) is 8.00. The van der Waals surface area contributed by atoms with Crippen LogP contribution in [0.15, 0.2) is 12.4 Å². The SMILES string of the molecule is CCC(C)(CC)Oc1ncc(N)cn1. The summed E-state index contributed by atoms with van der Waals surface area (Å²) in [6.07, 6.45) is 4.95. The molecular formula is C10H17N3O. The molecule has 0 fully saturated rings. The van der Waals surface area contributed by atoms with Crippen molar-refractivity contribution in [1.82, 2.24) is 9.97 Å². The highest BCUT2D eigenvalue weighted by molar-refractivity contribution is 5.30. The van der Waals surface area contributed by atoms with E-state index in [0.29, 0.717) is 11.7 Å². The van der Waals surface area contributed by atoms with Crippen molar-refractivity contribution in [3.8, 4) is 6.01 Å². The maximum Gasteiger partial charge on any atom is 0.316 e. The van der Waals surface area contributed by atoms with E-state index in [1.54, 1.807) is 12.4 Å². The van der Waals surface area contributed by atoms with Gasteiger partial charge in [0.05, 0.1) is 18.1 Å². The predicted octanol–water partition coefficient (Wildman–Crippen LogP) is 2.02. The summed E-state index contributed by atoms with van der Waals surface area (Å²) >= 11 is 0. The lowest BCUT2D eigenvalue weighted by molar-refractivity contribution is 0.0689. The number of hydrogen-bond acceptors (Lipinski definition) is 4. The standard InChI is InChI=1S/C10H17N3O/c1-4-10(3,5-2)14-9-12-6-8(11)7-13-9/h6-7H,4-5,11H2,1-3H3. The zero-order valence-electron chi connectivity index (χ0n) is 8.95. The number of nitrogens with zero attached hydrogens (tertiary/aromatic N) is 2. The Balaban J connectivity index is 2.72. The number of nitrogens with two attached hydrogens (primary N) is 1. The summed E-state index contributed by atoms with van der Waals surface area (Å²) in [5.74, 6) is 0. The number of hydrogen-bond donors (Lipinski definition) is 1. The molecule has 0 saturated heterocycles. The molecule has 0 spiro atoms. The van der Waals surface area contributed by atoms with E-state index >= 15 is 0 Å².